The quantitative estimate of drug-likeness (QED) is 0.763. The van der Waals surface area contributed by atoms with E-state index in [1.165, 1.54) is 0 Å². The van der Waals surface area contributed by atoms with Gasteiger partial charge in [-0.05, 0) is 49.2 Å². The van der Waals surface area contributed by atoms with Crippen molar-refractivity contribution in [2.75, 3.05) is 6.26 Å². The van der Waals surface area contributed by atoms with E-state index in [0.29, 0.717) is 10.0 Å². The zero-order valence-corrected chi connectivity index (χ0v) is 15.9. The molecule has 2 rings (SSSR count). The molecule has 24 heavy (non-hydrogen) atoms. The fourth-order valence-corrected chi connectivity index (χ4v) is 2.68. The van der Waals surface area contributed by atoms with Crippen LogP contribution in [0.1, 0.15) is 37.2 Å². The van der Waals surface area contributed by atoms with E-state index in [9.17, 15) is 8.42 Å². The van der Waals surface area contributed by atoms with Gasteiger partial charge in [-0.1, -0.05) is 47.5 Å². The highest BCUT2D eigenvalue weighted by atomic mass is 35.5. The van der Waals surface area contributed by atoms with Crippen molar-refractivity contribution in [1.29, 1.82) is 0 Å². The maximum Gasteiger partial charge on any atom is 0.264 e. The molecule has 0 saturated heterocycles. The van der Waals surface area contributed by atoms with Crippen LogP contribution in [0.4, 0.5) is 0 Å². The second-order valence-corrected chi connectivity index (χ2v) is 7.70. The van der Waals surface area contributed by atoms with Crippen molar-refractivity contribution >= 4 is 33.3 Å². The lowest BCUT2D eigenvalue weighted by Gasteiger charge is -2.10. The van der Waals surface area contributed by atoms with E-state index in [4.69, 9.17) is 32.5 Å². The minimum Gasteiger partial charge on any atom is -0.389 e. The molecular weight excluding hydrogens is 371 g/mol. The van der Waals surface area contributed by atoms with Crippen molar-refractivity contribution in [1.82, 2.24) is 0 Å². The first kappa shape index (κ1) is 20.9. The van der Waals surface area contributed by atoms with Crippen LogP contribution < -0.4 is 0 Å². The highest BCUT2D eigenvalue weighted by molar-refractivity contribution is 7.86. The molecule has 2 aromatic rings. The average molecular weight is 391 g/mol. The molecule has 132 valence electrons. The molecule has 0 aliphatic rings. The lowest BCUT2D eigenvalue weighted by molar-refractivity contribution is 0.199. The number of rotatable bonds is 4. The zero-order chi connectivity index (χ0) is 18.3. The number of halogens is 2. The molecule has 0 aliphatic heterocycles. The summed E-state index contributed by atoms with van der Waals surface area (Å²) in [5, 5.41) is 10.4. The summed E-state index contributed by atoms with van der Waals surface area (Å²) in [7, 11) is -3.41. The lowest BCUT2D eigenvalue weighted by Crippen LogP contribution is -2.07. The molecule has 0 heterocycles. The first-order valence-electron chi connectivity index (χ1n) is 7.15. The van der Waals surface area contributed by atoms with E-state index in [2.05, 4.69) is 0 Å². The molecular formula is C17H20Cl2O4S. The monoisotopic (exact) mass is 390 g/mol. The van der Waals surface area contributed by atoms with E-state index in [1.54, 1.807) is 50.2 Å². The Bertz CT molecular complexity index is 726. The number of aliphatic hydroxyl groups excluding tert-OH is 1. The van der Waals surface area contributed by atoms with E-state index in [-0.39, 0.29) is 0 Å². The summed E-state index contributed by atoms with van der Waals surface area (Å²) in [6.45, 7) is 3.40. The van der Waals surface area contributed by atoms with Crippen LogP contribution >= 0.6 is 23.2 Å². The van der Waals surface area contributed by atoms with Gasteiger partial charge in [0, 0.05) is 10.0 Å². The Balaban J connectivity index is 0.000000254. The fourth-order valence-electron chi connectivity index (χ4n) is 1.79. The number of benzene rings is 2. The first-order valence-corrected chi connectivity index (χ1v) is 9.73. The Morgan fingerprint density at radius 3 is 1.58 bits per heavy atom. The van der Waals surface area contributed by atoms with Gasteiger partial charge in [-0.2, -0.15) is 8.42 Å². The van der Waals surface area contributed by atoms with Crippen molar-refractivity contribution in [3.05, 3.63) is 69.7 Å². The van der Waals surface area contributed by atoms with Crippen LogP contribution in [0.3, 0.4) is 0 Å². The van der Waals surface area contributed by atoms with Crippen LogP contribution in [0.5, 0.6) is 0 Å². The van der Waals surface area contributed by atoms with E-state index < -0.39 is 22.3 Å². The molecule has 7 heteroatoms. The van der Waals surface area contributed by atoms with Gasteiger partial charge in [0.05, 0.1) is 18.5 Å². The van der Waals surface area contributed by atoms with Crippen LogP contribution in [-0.2, 0) is 14.3 Å². The molecule has 0 fully saturated rings. The van der Waals surface area contributed by atoms with Crippen LogP contribution in [0.2, 0.25) is 10.0 Å². The Kier molecular flexibility index (Phi) is 8.19. The molecule has 0 spiro atoms. The third-order valence-electron chi connectivity index (χ3n) is 3.01. The summed E-state index contributed by atoms with van der Waals surface area (Å²) >= 11 is 11.3. The van der Waals surface area contributed by atoms with Gasteiger partial charge in [-0.3, -0.25) is 4.18 Å². The van der Waals surface area contributed by atoms with Crippen LogP contribution in [-0.4, -0.2) is 19.8 Å². The van der Waals surface area contributed by atoms with Crippen LogP contribution in [0, 0.1) is 0 Å². The van der Waals surface area contributed by atoms with Crippen LogP contribution in [0.15, 0.2) is 48.5 Å². The molecule has 0 bridgehead atoms. The zero-order valence-electron chi connectivity index (χ0n) is 13.6. The van der Waals surface area contributed by atoms with Gasteiger partial charge in [0.15, 0.2) is 0 Å². The van der Waals surface area contributed by atoms with Crippen molar-refractivity contribution in [3.8, 4) is 0 Å². The lowest BCUT2D eigenvalue weighted by atomic mass is 10.1. The first-order chi connectivity index (χ1) is 11.1. The van der Waals surface area contributed by atoms with Gasteiger partial charge >= 0.3 is 0 Å². The number of aliphatic hydroxyl groups is 1. The normalized spacial score (nSPS) is 13.6. The third-order valence-corrected chi connectivity index (χ3v) is 4.15. The van der Waals surface area contributed by atoms with E-state index in [1.807, 2.05) is 12.1 Å². The number of hydrogen-bond donors (Lipinski definition) is 1. The van der Waals surface area contributed by atoms with Crippen LogP contribution in [0.25, 0.3) is 0 Å². The predicted octanol–water partition coefficient (Wildman–Crippen LogP) is 4.77. The summed E-state index contributed by atoms with van der Waals surface area (Å²) in [5.74, 6) is 0. The maximum atomic E-state index is 10.8. The van der Waals surface area contributed by atoms with Crippen molar-refractivity contribution < 1.29 is 17.7 Å². The largest absolute Gasteiger partial charge is 0.389 e. The Morgan fingerprint density at radius 1 is 0.875 bits per heavy atom. The second kappa shape index (κ2) is 9.39. The molecule has 0 radical (unpaired) electrons. The molecule has 0 saturated carbocycles. The second-order valence-electron chi connectivity index (χ2n) is 5.22. The summed E-state index contributed by atoms with van der Waals surface area (Å²) in [4.78, 5) is 0. The van der Waals surface area contributed by atoms with E-state index >= 15 is 0 Å². The smallest absolute Gasteiger partial charge is 0.264 e. The molecule has 4 nitrogen and oxygen atoms in total. The average Bonchev–Trinajstić information content (AvgIpc) is 2.47. The van der Waals surface area contributed by atoms with Crippen molar-refractivity contribution in [2.45, 2.75) is 26.1 Å². The van der Waals surface area contributed by atoms with Gasteiger partial charge in [0.2, 0.25) is 0 Å². The van der Waals surface area contributed by atoms with Gasteiger partial charge in [0.25, 0.3) is 10.1 Å². The molecule has 0 amide bonds. The van der Waals surface area contributed by atoms with Gasteiger partial charge < -0.3 is 5.11 Å². The number of hydrogen-bond acceptors (Lipinski definition) is 4. The van der Waals surface area contributed by atoms with Gasteiger partial charge in [0.1, 0.15) is 0 Å². The molecule has 0 aromatic heterocycles. The highest BCUT2D eigenvalue weighted by Crippen LogP contribution is 2.20. The summed E-state index contributed by atoms with van der Waals surface area (Å²) in [6.07, 6.45) is 0.138. The maximum absolute atomic E-state index is 10.8. The SMILES string of the molecule is CC(O)c1ccc(Cl)cc1.CC(OS(C)(=O)=O)c1ccc(Cl)cc1. The fraction of sp³-hybridized carbons (Fsp3) is 0.294. The minimum atomic E-state index is -3.41. The Labute approximate surface area is 153 Å². The van der Waals surface area contributed by atoms with E-state index in [0.717, 1.165) is 17.4 Å². The predicted molar refractivity (Wildman–Crippen MR) is 97.9 cm³/mol. The highest BCUT2D eigenvalue weighted by Gasteiger charge is 2.11. The summed E-state index contributed by atoms with van der Waals surface area (Å²) in [6, 6.07) is 14.0. The van der Waals surface area contributed by atoms with Gasteiger partial charge in [-0.15, -0.1) is 0 Å². The minimum absolute atomic E-state index is 0.405. The molecule has 2 atom stereocenters. The van der Waals surface area contributed by atoms with Crippen molar-refractivity contribution in [2.24, 2.45) is 0 Å². The molecule has 1 N–H and O–H groups in total. The molecule has 2 unspecified atom stereocenters. The van der Waals surface area contributed by atoms with Gasteiger partial charge in [-0.25, -0.2) is 0 Å². The Morgan fingerprint density at radius 2 is 1.25 bits per heavy atom. The standard InChI is InChI=1S/C9H11ClO3S.C8H9ClO/c1-7(13-14(2,11)12)8-3-5-9(10)6-4-8;1-6(10)7-2-4-8(9)5-3-7/h3-7H,1-2H3;2-6,10H,1H3. The third kappa shape index (κ3) is 8.13. The van der Waals surface area contributed by atoms with Crippen molar-refractivity contribution in [3.63, 3.8) is 0 Å². The topological polar surface area (TPSA) is 63.6 Å². The molecule has 2 aromatic carbocycles. The molecule has 0 aliphatic carbocycles. The summed E-state index contributed by atoms with van der Waals surface area (Å²) < 4.78 is 26.5. The Hall–Kier alpha value is -1.11. The summed E-state index contributed by atoms with van der Waals surface area (Å²) in [5.41, 5.74) is 1.67.